The molecule has 2 aromatic heterocycles. The van der Waals surface area contributed by atoms with Gasteiger partial charge in [0.2, 0.25) is 0 Å². The van der Waals surface area contributed by atoms with Crippen LogP contribution in [0.25, 0.3) is 0 Å². The summed E-state index contributed by atoms with van der Waals surface area (Å²) >= 11 is 11.8. The Hall–Kier alpha value is -2.87. The normalized spacial score (nSPS) is 20.1. The van der Waals surface area contributed by atoms with E-state index in [0.29, 0.717) is 15.8 Å². The molecule has 1 amide bonds. The number of pyridine rings is 1. The molecular formula is C23H22Cl2F6N4O4. The predicted octanol–water partition coefficient (Wildman–Crippen LogP) is 5.94. The average molecular weight is 603 g/mol. The van der Waals surface area contributed by atoms with Gasteiger partial charge in [0.25, 0.3) is 5.91 Å². The number of carbonyl (C=O) groups is 3. The molecule has 0 spiro atoms. The van der Waals surface area contributed by atoms with Gasteiger partial charge in [-0.3, -0.25) is 24.0 Å². The molecule has 2 aromatic rings. The zero-order chi connectivity index (χ0) is 29.3. The van der Waals surface area contributed by atoms with Crippen molar-refractivity contribution in [1.29, 1.82) is 0 Å². The highest BCUT2D eigenvalue weighted by Gasteiger charge is 2.44. The Bertz CT molecular complexity index is 1230. The standard InChI is InChI=1S/C23H22Cl2F6N4O4/c1-11-6-12(2-3-13(11)21(38)39)35-19(23(29,30)31)14(7-33-35)20(37)34(5-4-22(26,27)28)10-17(36)18-15(24)8-32-9-16(18)25/h7-9,11-13H,2-6,10H2,1H3,(H,38,39)/t11?,12?,13-/m0/s1. The summed E-state index contributed by atoms with van der Waals surface area (Å²) in [6.45, 7) is -0.604. The minimum absolute atomic E-state index is 0.0185. The molecule has 2 heterocycles. The number of hydrogen-bond donors (Lipinski definition) is 1. The highest BCUT2D eigenvalue weighted by molar-refractivity contribution is 6.39. The fraction of sp³-hybridized carbons (Fsp3) is 0.522. The van der Waals surface area contributed by atoms with Crippen molar-refractivity contribution in [3.63, 3.8) is 0 Å². The van der Waals surface area contributed by atoms with E-state index in [1.165, 1.54) is 0 Å². The van der Waals surface area contributed by atoms with Crippen LogP contribution in [0.1, 0.15) is 65.1 Å². The van der Waals surface area contributed by atoms with E-state index >= 15 is 0 Å². The maximum atomic E-state index is 14.2. The van der Waals surface area contributed by atoms with Gasteiger partial charge in [0, 0.05) is 18.9 Å². The summed E-state index contributed by atoms with van der Waals surface area (Å²) in [5, 5.41) is 12.5. The summed E-state index contributed by atoms with van der Waals surface area (Å²) in [5.74, 6) is -4.85. The number of carboxylic acid groups (broad SMARTS) is 1. The fourth-order valence-corrected chi connectivity index (χ4v) is 5.22. The molecular weight excluding hydrogens is 581 g/mol. The molecule has 0 saturated heterocycles. The molecule has 0 aliphatic heterocycles. The number of hydrogen-bond acceptors (Lipinski definition) is 5. The maximum absolute atomic E-state index is 14.2. The summed E-state index contributed by atoms with van der Waals surface area (Å²) in [6.07, 6.45) is -8.76. The smallest absolute Gasteiger partial charge is 0.433 e. The Labute approximate surface area is 227 Å². The summed E-state index contributed by atoms with van der Waals surface area (Å²) < 4.78 is 82.2. The number of ketones is 1. The molecule has 0 bridgehead atoms. The minimum Gasteiger partial charge on any atom is -0.481 e. The number of aliphatic carboxylic acids is 1. The van der Waals surface area contributed by atoms with Crippen LogP contribution in [0.3, 0.4) is 0 Å². The molecule has 16 heteroatoms. The summed E-state index contributed by atoms with van der Waals surface area (Å²) in [6, 6.07) is -0.909. The first kappa shape index (κ1) is 30.7. The van der Waals surface area contributed by atoms with E-state index in [9.17, 15) is 45.8 Å². The second-order valence-electron chi connectivity index (χ2n) is 9.23. The lowest BCUT2D eigenvalue weighted by molar-refractivity contribution is -0.149. The molecule has 2 unspecified atom stereocenters. The largest absolute Gasteiger partial charge is 0.481 e. The second-order valence-corrected chi connectivity index (χ2v) is 10.0. The van der Waals surface area contributed by atoms with Gasteiger partial charge in [0.1, 0.15) is 0 Å². The molecule has 3 rings (SSSR count). The van der Waals surface area contributed by atoms with Crippen LogP contribution in [-0.2, 0) is 11.0 Å². The van der Waals surface area contributed by atoms with Crippen LogP contribution in [0.5, 0.6) is 0 Å². The van der Waals surface area contributed by atoms with Crippen molar-refractivity contribution in [1.82, 2.24) is 19.7 Å². The summed E-state index contributed by atoms with van der Waals surface area (Å²) in [4.78, 5) is 41.5. The monoisotopic (exact) mass is 602 g/mol. The second kappa shape index (κ2) is 11.7. The van der Waals surface area contributed by atoms with Crippen LogP contribution in [0.15, 0.2) is 18.6 Å². The van der Waals surface area contributed by atoms with Crippen molar-refractivity contribution in [3.8, 4) is 0 Å². The van der Waals surface area contributed by atoms with E-state index < -0.39 is 78.7 Å². The van der Waals surface area contributed by atoms with Gasteiger partial charge in [0.15, 0.2) is 11.5 Å². The van der Waals surface area contributed by atoms with Gasteiger partial charge in [0.05, 0.1) is 52.3 Å². The summed E-state index contributed by atoms with van der Waals surface area (Å²) in [7, 11) is 0. The number of carbonyl (C=O) groups excluding carboxylic acids is 2. The minimum atomic E-state index is -5.15. The average Bonchev–Trinajstić information content (AvgIpc) is 3.26. The van der Waals surface area contributed by atoms with E-state index in [0.717, 1.165) is 12.4 Å². The Morgan fingerprint density at radius 1 is 1.08 bits per heavy atom. The number of Topliss-reactive ketones (excluding diaryl/α,β-unsaturated/α-hetero) is 1. The van der Waals surface area contributed by atoms with Gasteiger partial charge in [-0.05, 0) is 25.2 Å². The van der Waals surface area contributed by atoms with Crippen LogP contribution in [0.2, 0.25) is 10.0 Å². The Morgan fingerprint density at radius 3 is 2.21 bits per heavy atom. The highest BCUT2D eigenvalue weighted by Crippen LogP contribution is 2.41. The van der Waals surface area contributed by atoms with Crippen molar-refractivity contribution in [2.24, 2.45) is 11.8 Å². The number of alkyl halides is 6. The van der Waals surface area contributed by atoms with Crippen LogP contribution >= 0.6 is 23.2 Å². The number of amides is 1. The summed E-state index contributed by atoms with van der Waals surface area (Å²) in [5.41, 5.74) is -2.89. The van der Waals surface area contributed by atoms with Gasteiger partial charge < -0.3 is 10.0 Å². The molecule has 39 heavy (non-hydrogen) atoms. The first-order valence-electron chi connectivity index (χ1n) is 11.6. The number of aromatic nitrogens is 3. The van der Waals surface area contributed by atoms with E-state index in [1.807, 2.05) is 0 Å². The molecule has 214 valence electrons. The van der Waals surface area contributed by atoms with Gasteiger partial charge in [-0.2, -0.15) is 31.4 Å². The van der Waals surface area contributed by atoms with Gasteiger partial charge in [-0.25, -0.2) is 0 Å². The van der Waals surface area contributed by atoms with Crippen LogP contribution in [0, 0.1) is 11.8 Å². The SMILES string of the molecule is CC1CC(n2ncc(C(=O)N(CCC(F)(F)F)CC(=O)c3c(Cl)cncc3Cl)c2C(F)(F)F)CC[C@@H]1C(=O)O. The third-order valence-corrected chi connectivity index (χ3v) is 7.09. The number of halogens is 8. The molecule has 3 atom stereocenters. The van der Waals surface area contributed by atoms with Gasteiger partial charge >= 0.3 is 18.3 Å². The Balaban J connectivity index is 1.98. The molecule has 0 radical (unpaired) electrons. The van der Waals surface area contributed by atoms with Crippen LogP contribution in [-0.4, -0.2) is 61.7 Å². The third-order valence-electron chi connectivity index (χ3n) is 6.52. The lowest BCUT2D eigenvalue weighted by Crippen LogP contribution is -2.39. The van der Waals surface area contributed by atoms with E-state index in [1.54, 1.807) is 6.92 Å². The van der Waals surface area contributed by atoms with Crippen molar-refractivity contribution in [2.75, 3.05) is 13.1 Å². The van der Waals surface area contributed by atoms with Gasteiger partial charge in [-0.15, -0.1) is 0 Å². The first-order valence-corrected chi connectivity index (χ1v) is 12.3. The lowest BCUT2D eigenvalue weighted by Gasteiger charge is -2.33. The molecule has 1 saturated carbocycles. The molecule has 1 aliphatic carbocycles. The van der Waals surface area contributed by atoms with E-state index in [-0.39, 0.29) is 34.9 Å². The number of nitrogens with zero attached hydrogens (tertiary/aromatic N) is 4. The fourth-order valence-electron chi connectivity index (χ4n) is 4.65. The van der Waals surface area contributed by atoms with E-state index in [4.69, 9.17) is 23.2 Å². The highest BCUT2D eigenvalue weighted by atomic mass is 35.5. The third kappa shape index (κ3) is 7.21. The van der Waals surface area contributed by atoms with E-state index in [2.05, 4.69) is 10.1 Å². The Morgan fingerprint density at radius 2 is 1.69 bits per heavy atom. The number of rotatable bonds is 8. The molecule has 1 aliphatic rings. The Kier molecular flexibility index (Phi) is 9.20. The molecule has 1 N–H and O–H groups in total. The maximum Gasteiger partial charge on any atom is 0.433 e. The van der Waals surface area contributed by atoms with Crippen LogP contribution in [0.4, 0.5) is 26.3 Å². The molecule has 0 aromatic carbocycles. The molecule has 8 nitrogen and oxygen atoms in total. The van der Waals surface area contributed by atoms with Gasteiger partial charge in [-0.1, -0.05) is 30.1 Å². The topological polar surface area (TPSA) is 105 Å². The van der Waals surface area contributed by atoms with Crippen molar-refractivity contribution in [3.05, 3.63) is 45.5 Å². The predicted molar refractivity (Wildman–Crippen MR) is 126 cm³/mol. The zero-order valence-corrected chi connectivity index (χ0v) is 21.7. The van der Waals surface area contributed by atoms with Crippen molar-refractivity contribution in [2.45, 2.75) is 51.0 Å². The quantitative estimate of drug-likeness (QED) is 0.296. The molecule has 1 fully saturated rings. The lowest BCUT2D eigenvalue weighted by atomic mass is 9.78. The van der Waals surface area contributed by atoms with Crippen molar-refractivity contribution < 1.29 is 45.8 Å². The zero-order valence-electron chi connectivity index (χ0n) is 20.2. The first-order chi connectivity index (χ1) is 18.0. The van der Waals surface area contributed by atoms with Crippen LogP contribution < -0.4 is 0 Å². The number of carboxylic acids is 1. The van der Waals surface area contributed by atoms with Crippen molar-refractivity contribution >= 4 is 40.9 Å².